The van der Waals surface area contributed by atoms with Gasteiger partial charge in [-0.25, -0.2) is 4.79 Å². The SMILES string of the molecule is CCCCCCCOc1c(C(C)C)cc(C(C)C)cc1C(C)CC=CC(C)=CC(=O)O. The van der Waals surface area contributed by atoms with Gasteiger partial charge >= 0.3 is 5.97 Å². The van der Waals surface area contributed by atoms with Crippen LogP contribution >= 0.6 is 0 Å². The number of hydrogen-bond acceptors (Lipinski definition) is 2. The molecule has 0 fully saturated rings. The molecule has 0 aliphatic rings. The summed E-state index contributed by atoms with van der Waals surface area (Å²) < 4.78 is 6.43. The predicted molar refractivity (Wildman–Crippen MR) is 132 cm³/mol. The maximum Gasteiger partial charge on any atom is 0.328 e. The summed E-state index contributed by atoms with van der Waals surface area (Å²) >= 11 is 0. The summed E-state index contributed by atoms with van der Waals surface area (Å²) in [5.41, 5.74) is 4.68. The molecule has 0 aliphatic heterocycles. The highest BCUT2D eigenvalue weighted by Gasteiger charge is 2.19. The first kappa shape index (κ1) is 27.0. The lowest BCUT2D eigenvalue weighted by atomic mass is 9.86. The summed E-state index contributed by atoms with van der Waals surface area (Å²) in [4.78, 5) is 10.8. The first-order valence-corrected chi connectivity index (χ1v) is 12.1. The molecule has 1 N–H and O–H groups in total. The van der Waals surface area contributed by atoms with Gasteiger partial charge in [0.15, 0.2) is 0 Å². The van der Waals surface area contributed by atoms with Gasteiger partial charge in [0.25, 0.3) is 0 Å². The Morgan fingerprint density at radius 1 is 1.00 bits per heavy atom. The number of unbranched alkanes of at least 4 members (excludes halogenated alkanes) is 4. The molecule has 0 saturated heterocycles. The van der Waals surface area contributed by atoms with Crippen molar-refractivity contribution in [3.8, 4) is 5.75 Å². The highest BCUT2D eigenvalue weighted by Crippen LogP contribution is 2.39. The minimum Gasteiger partial charge on any atom is -0.493 e. The lowest BCUT2D eigenvalue weighted by molar-refractivity contribution is -0.131. The summed E-state index contributed by atoms with van der Waals surface area (Å²) in [5.74, 6) is 1.31. The number of ether oxygens (including phenoxy) is 1. The van der Waals surface area contributed by atoms with Crippen molar-refractivity contribution in [2.75, 3.05) is 6.61 Å². The van der Waals surface area contributed by atoms with E-state index in [4.69, 9.17) is 9.84 Å². The molecule has 0 bridgehead atoms. The third-order valence-electron chi connectivity index (χ3n) is 5.70. The van der Waals surface area contributed by atoms with Crippen LogP contribution in [-0.2, 0) is 4.79 Å². The van der Waals surface area contributed by atoms with E-state index in [1.807, 2.05) is 13.0 Å². The van der Waals surface area contributed by atoms with E-state index in [-0.39, 0.29) is 0 Å². The highest BCUT2D eigenvalue weighted by atomic mass is 16.5. The van der Waals surface area contributed by atoms with Crippen molar-refractivity contribution in [3.05, 3.63) is 52.6 Å². The van der Waals surface area contributed by atoms with Crippen LogP contribution in [-0.4, -0.2) is 17.7 Å². The lowest BCUT2D eigenvalue weighted by Crippen LogP contribution is -2.08. The van der Waals surface area contributed by atoms with Gasteiger partial charge in [0.2, 0.25) is 0 Å². The van der Waals surface area contributed by atoms with Crippen LogP contribution in [0.4, 0.5) is 0 Å². The molecule has 0 spiro atoms. The molecule has 1 aromatic carbocycles. The molecule has 1 aromatic rings. The molecule has 1 unspecified atom stereocenters. The highest BCUT2D eigenvalue weighted by molar-refractivity contribution is 5.81. The van der Waals surface area contributed by atoms with E-state index < -0.39 is 5.97 Å². The molecular weight excluding hydrogens is 384 g/mol. The maximum atomic E-state index is 10.8. The van der Waals surface area contributed by atoms with E-state index in [9.17, 15) is 4.79 Å². The first-order valence-electron chi connectivity index (χ1n) is 12.1. The molecule has 1 atom stereocenters. The molecule has 1 rings (SSSR count). The average Bonchev–Trinajstić information content (AvgIpc) is 2.69. The summed E-state index contributed by atoms with van der Waals surface area (Å²) in [6.45, 7) is 16.0. The Kier molecular flexibility index (Phi) is 12.3. The Balaban J connectivity index is 3.12. The topological polar surface area (TPSA) is 46.5 Å². The molecule has 0 heterocycles. The number of carbonyl (C=O) groups is 1. The second kappa shape index (κ2) is 14.1. The summed E-state index contributed by atoms with van der Waals surface area (Å²) in [6.07, 6.45) is 12.2. The number of aliphatic carboxylic acids is 1. The van der Waals surface area contributed by atoms with Crippen molar-refractivity contribution in [3.63, 3.8) is 0 Å². The smallest absolute Gasteiger partial charge is 0.328 e. The molecule has 174 valence electrons. The molecule has 0 amide bonds. The maximum absolute atomic E-state index is 10.8. The van der Waals surface area contributed by atoms with E-state index in [1.165, 1.54) is 48.4 Å². The number of allylic oxidation sites excluding steroid dienone is 3. The molecule has 31 heavy (non-hydrogen) atoms. The number of hydrogen-bond donors (Lipinski definition) is 1. The van der Waals surface area contributed by atoms with Crippen molar-refractivity contribution in [1.29, 1.82) is 0 Å². The van der Waals surface area contributed by atoms with Gasteiger partial charge < -0.3 is 9.84 Å². The number of benzene rings is 1. The van der Waals surface area contributed by atoms with Crippen molar-refractivity contribution in [1.82, 2.24) is 0 Å². The zero-order valence-electron chi connectivity index (χ0n) is 20.8. The van der Waals surface area contributed by atoms with Crippen LogP contribution in [0.5, 0.6) is 5.75 Å². The van der Waals surface area contributed by atoms with E-state index in [0.717, 1.165) is 30.8 Å². The normalized spacial score (nSPS) is 13.4. The van der Waals surface area contributed by atoms with Crippen molar-refractivity contribution >= 4 is 5.97 Å². The fourth-order valence-electron chi connectivity index (χ4n) is 3.70. The van der Waals surface area contributed by atoms with Gasteiger partial charge in [-0.15, -0.1) is 0 Å². The van der Waals surface area contributed by atoms with E-state index in [2.05, 4.69) is 59.8 Å². The van der Waals surface area contributed by atoms with Crippen LogP contribution in [0.1, 0.15) is 121 Å². The summed E-state index contributed by atoms with van der Waals surface area (Å²) in [6, 6.07) is 4.65. The van der Waals surface area contributed by atoms with Gasteiger partial charge in [-0.05, 0) is 59.8 Å². The van der Waals surface area contributed by atoms with Crippen LogP contribution < -0.4 is 4.74 Å². The predicted octanol–water partition coefficient (Wildman–Crippen LogP) is 8.36. The van der Waals surface area contributed by atoms with Crippen LogP contribution in [0.15, 0.2) is 35.9 Å². The largest absolute Gasteiger partial charge is 0.493 e. The van der Waals surface area contributed by atoms with Gasteiger partial charge in [0.1, 0.15) is 5.75 Å². The molecule has 0 aromatic heterocycles. The summed E-state index contributed by atoms with van der Waals surface area (Å²) in [5, 5.41) is 8.90. The Hall–Kier alpha value is -2.03. The van der Waals surface area contributed by atoms with E-state index in [0.29, 0.717) is 17.8 Å². The van der Waals surface area contributed by atoms with Crippen LogP contribution in [0, 0.1) is 0 Å². The van der Waals surface area contributed by atoms with Gasteiger partial charge in [-0.2, -0.15) is 0 Å². The van der Waals surface area contributed by atoms with Crippen molar-refractivity contribution < 1.29 is 14.6 Å². The van der Waals surface area contributed by atoms with Crippen LogP contribution in [0.25, 0.3) is 0 Å². The Morgan fingerprint density at radius 2 is 1.65 bits per heavy atom. The minimum atomic E-state index is -0.906. The Morgan fingerprint density at radius 3 is 2.23 bits per heavy atom. The molecule has 0 radical (unpaired) electrons. The third-order valence-corrected chi connectivity index (χ3v) is 5.70. The fourth-order valence-corrected chi connectivity index (χ4v) is 3.70. The lowest BCUT2D eigenvalue weighted by Gasteiger charge is -2.24. The number of rotatable bonds is 14. The van der Waals surface area contributed by atoms with Gasteiger partial charge in [-0.1, -0.05) is 91.5 Å². The zero-order chi connectivity index (χ0) is 23.4. The van der Waals surface area contributed by atoms with E-state index in [1.54, 1.807) is 0 Å². The Bertz CT molecular complexity index is 741. The number of carboxylic acid groups (broad SMARTS) is 1. The second-order valence-corrected chi connectivity index (χ2v) is 9.37. The molecule has 0 saturated carbocycles. The van der Waals surface area contributed by atoms with Crippen molar-refractivity contribution in [2.24, 2.45) is 0 Å². The van der Waals surface area contributed by atoms with E-state index >= 15 is 0 Å². The zero-order valence-corrected chi connectivity index (χ0v) is 20.8. The average molecular weight is 429 g/mol. The van der Waals surface area contributed by atoms with Crippen molar-refractivity contribution in [2.45, 2.75) is 105 Å². The molecular formula is C28H44O3. The second-order valence-electron chi connectivity index (χ2n) is 9.37. The molecule has 3 nitrogen and oxygen atoms in total. The standard InChI is InChI=1S/C28H44O3/c1-8-9-10-11-12-16-31-28-25(21(4)5)18-24(20(2)3)19-26(28)23(7)15-13-14-22(6)17-27(29)30/h13-14,17-21,23H,8-12,15-16H2,1-7H3,(H,29,30). The minimum absolute atomic E-state index is 0.292. The number of carboxylic acids is 1. The first-order chi connectivity index (χ1) is 14.7. The summed E-state index contributed by atoms with van der Waals surface area (Å²) in [7, 11) is 0. The Labute approximate surface area is 190 Å². The molecule has 3 heteroatoms. The van der Waals surface area contributed by atoms with Gasteiger partial charge in [0, 0.05) is 6.08 Å². The third kappa shape index (κ3) is 9.76. The van der Waals surface area contributed by atoms with Crippen LogP contribution in [0.2, 0.25) is 0 Å². The van der Waals surface area contributed by atoms with Gasteiger partial charge in [0.05, 0.1) is 6.61 Å². The quantitative estimate of drug-likeness (QED) is 0.184. The monoisotopic (exact) mass is 428 g/mol. The van der Waals surface area contributed by atoms with Gasteiger partial charge in [-0.3, -0.25) is 0 Å². The fraction of sp³-hybridized carbons (Fsp3) is 0.607. The van der Waals surface area contributed by atoms with Crippen LogP contribution in [0.3, 0.4) is 0 Å². The molecule has 0 aliphatic carbocycles.